The number of hydrogen-bond acceptors (Lipinski definition) is 0. The van der Waals surface area contributed by atoms with Crippen LogP contribution < -0.4 is 0 Å². The highest BCUT2D eigenvalue weighted by Gasteiger charge is 2.24. The van der Waals surface area contributed by atoms with Crippen LogP contribution in [0.3, 0.4) is 0 Å². The van der Waals surface area contributed by atoms with Gasteiger partial charge in [0, 0.05) is 0 Å². The highest BCUT2D eigenvalue weighted by Crippen LogP contribution is 2.39. The van der Waals surface area contributed by atoms with Crippen molar-refractivity contribution >= 4 is 11.6 Å². The fourth-order valence-electron chi connectivity index (χ4n) is 3.61. The van der Waals surface area contributed by atoms with Gasteiger partial charge in [0.15, 0.2) is 0 Å². The fraction of sp³-hybridized carbons (Fsp3) is 0.364. The summed E-state index contributed by atoms with van der Waals surface area (Å²) in [6, 6.07) is 17.9. The first kappa shape index (κ1) is 15.1. The number of rotatable bonds is 2. The van der Waals surface area contributed by atoms with Gasteiger partial charge in [0.1, 0.15) is 0 Å². The molecule has 3 rings (SSSR count). The van der Waals surface area contributed by atoms with Gasteiger partial charge in [0.25, 0.3) is 0 Å². The van der Waals surface area contributed by atoms with Crippen LogP contribution in [0, 0.1) is 11.8 Å². The first-order chi connectivity index (χ1) is 10.6. The Bertz CT molecular complexity index is 689. The van der Waals surface area contributed by atoms with Crippen molar-refractivity contribution in [1.29, 1.82) is 0 Å². The van der Waals surface area contributed by atoms with Crippen LogP contribution in [-0.4, -0.2) is 0 Å². The average Bonchev–Trinajstić information content (AvgIpc) is 2.48. The normalized spacial score (nSPS) is 19.9. The van der Waals surface area contributed by atoms with Gasteiger partial charge in [-0.3, -0.25) is 0 Å². The van der Waals surface area contributed by atoms with E-state index in [1.165, 1.54) is 27.8 Å². The Morgan fingerprint density at radius 3 is 2.27 bits per heavy atom. The van der Waals surface area contributed by atoms with E-state index < -0.39 is 0 Å². The van der Waals surface area contributed by atoms with E-state index >= 15 is 0 Å². The van der Waals surface area contributed by atoms with E-state index in [9.17, 15) is 0 Å². The molecule has 0 heterocycles. The third kappa shape index (κ3) is 2.75. The van der Waals surface area contributed by atoms with Gasteiger partial charge in [0.2, 0.25) is 0 Å². The van der Waals surface area contributed by atoms with E-state index in [-0.39, 0.29) is 0 Å². The molecule has 0 saturated heterocycles. The number of hydrogen-bond donors (Lipinski definition) is 0. The van der Waals surface area contributed by atoms with Crippen LogP contribution in [0.1, 0.15) is 55.9 Å². The molecule has 1 unspecified atom stereocenters. The molecule has 22 heavy (non-hydrogen) atoms. The monoisotopic (exact) mass is 290 g/mol. The van der Waals surface area contributed by atoms with Crippen LogP contribution in [0.5, 0.6) is 0 Å². The largest absolute Gasteiger partial charge is 0.0622 e. The van der Waals surface area contributed by atoms with E-state index in [2.05, 4.69) is 82.3 Å². The van der Waals surface area contributed by atoms with E-state index in [1.54, 1.807) is 0 Å². The zero-order chi connectivity index (χ0) is 15.7. The maximum atomic E-state index is 2.41. The number of fused-ring (bicyclic) bond motifs is 2. The maximum Gasteiger partial charge on any atom is -0.00922 e. The van der Waals surface area contributed by atoms with Gasteiger partial charge < -0.3 is 0 Å². The molecule has 0 heteroatoms. The molecule has 0 fully saturated rings. The molecule has 0 nitrogen and oxygen atoms in total. The first-order valence-corrected chi connectivity index (χ1v) is 8.46. The lowest BCUT2D eigenvalue weighted by atomic mass is 9.75. The Labute approximate surface area is 134 Å². The maximum absolute atomic E-state index is 2.41. The summed E-state index contributed by atoms with van der Waals surface area (Å²) in [5, 5.41) is 0. The minimum Gasteiger partial charge on any atom is -0.0622 e. The quantitative estimate of drug-likeness (QED) is 0.619. The topological polar surface area (TPSA) is 0 Å². The number of allylic oxidation sites excluding steroid dienone is 1. The highest BCUT2D eigenvalue weighted by atomic mass is 14.3. The first-order valence-electron chi connectivity index (χ1n) is 8.46. The lowest BCUT2D eigenvalue weighted by molar-refractivity contribution is 0.493. The molecule has 0 radical (unpaired) electrons. The smallest absolute Gasteiger partial charge is 0.00922 e. The van der Waals surface area contributed by atoms with Crippen molar-refractivity contribution in [3.8, 4) is 0 Å². The Balaban J connectivity index is 2.28. The molecule has 1 atom stereocenters. The standard InChI is InChI=1S/C22H26/c1-15(2)21-13-17-9-5-6-10-18(17)14-22(16(3)4)20-12-8-7-11-19(20)21/h5-13,15-16,22H,14H2,1-4H3/b21-13-. The molecule has 0 aromatic heterocycles. The van der Waals surface area contributed by atoms with Crippen LogP contribution in [0.25, 0.3) is 11.6 Å². The summed E-state index contributed by atoms with van der Waals surface area (Å²) in [6.45, 7) is 9.31. The Kier molecular flexibility index (Phi) is 4.20. The van der Waals surface area contributed by atoms with Crippen LogP contribution in [0.15, 0.2) is 48.5 Å². The van der Waals surface area contributed by atoms with E-state index in [0.29, 0.717) is 17.8 Å². The van der Waals surface area contributed by atoms with Gasteiger partial charge >= 0.3 is 0 Å². The van der Waals surface area contributed by atoms with Crippen molar-refractivity contribution in [2.75, 3.05) is 0 Å². The summed E-state index contributed by atoms with van der Waals surface area (Å²) in [5.41, 5.74) is 7.31. The molecule has 1 aliphatic carbocycles. The SMILES string of the molecule is CC(C)/C1=C/c2ccccc2CC(C(C)C)c2ccccc21. The predicted molar refractivity (Wildman–Crippen MR) is 96.9 cm³/mol. The fourth-order valence-corrected chi connectivity index (χ4v) is 3.61. The van der Waals surface area contributed by atoms with Gasteiger partial charge in [-0.25, -0.2) is 0 Å². The van der Waals surface area contributed by atoms with Crippen molar-refractivity contribution in [3.05, 3.63) is 70.8 Å². The molecule has 0 aliphatic heterocycles. The highest BCUT2D eigenvalue weighted by molar-refractivity contribution is 5.85. The van der Waals surface area contributed by atoms with Crippen molar-refractivity contribution in [2.24, 2.45) is 11.8 Å². The van der Waals surface area contributed by atoms with Crippen molar-refractivity contribution in [1.82, 2.24) is 0 Å². The molecular formula is C22H26. The molecule has 0 spiro atoms. The third-order valence-electron chi connectivity index (χ3n) is 4.90. The molecular weight excluding hydrogens is 264 g/mol. The summed E-state index contributed by atoms with van der Waals surface area (Å²) < 4.78 is 0. The summed E-state index contributed by atoms with van der Waals surface area (Å²) >= 11 is 0. The van der Waals surface area contributed by atoms with Crippen molar-refractivity contribution in [2.45, 2.75) is 40.0 Å². The van der Waals surface area contributed by atoms with Gasteiger partial charge in [-0.05, 0) is 52.0 Å². The summed E-state index contributed by atoms with van der Waals surface area (Å²) in [6.07, 6.45) is 3.54. The summed E-state index contributed by atoms with van der Waals surface area (Å²) in [4.78, 5) is 0. The van der Waals surface area contributed by atoms with Gasteiger partial charge in [-0.2, -0.15) is 0 Å². The van der Waals surface area contributed by atoms with Crippen molar-refractivity contribution in [3.63, 3.8) is 0 Å². The molecule has 0 N–H and O–H groups in total. The summed E-state index contributed by atoms with van der Waals surface area (Å²) in [5.74, 6) is 1.75. The average molecular weight is 290 g/mol. The van der Waals surface area contributed by atoms with Gasteiger partial charge in [-0.15, -0.1) is 0 Å². The van der Waals surface area contributed by atoms with Crippen LogP contribution in [-0.2, 0) is 6.42 Å². The second-order valence-electron chi connectivity index (χ2n) is 7.10. The van der Waals surface area contributed by atoms with Crippen LogP contribution in [0.2, 0.25) is 0 Å². The van der Waals surface area contributed by atoms with Crippen molar-refractivity contribution < 1.29 is 0 Å². The van der Waals surface area contributed by atoms with Gasteiger partial charge in [-0.1, -0.05) is 82.3 Å². The molecule has 2 aromatic rings. The predicted octanol–water partition coefficient (Wildman–Crippen LogP) is 6.18. The molecule has 114 valence electrons. The zero-order valence-electron chi connectivity index (χ0n) is 14.1. The minimum absolute atomic E-state index is 0.528. The minimum atomic E-state index is 0.528. The van der Waals surface area contributed by atoms with E-state index in [4.69, 9.17) is 0 Å². The second-order valence-corrected chi connectivity index (χ2v) is 7.10. The van der Waals surface area contributed by atoms with E-state index in [1.807, 2.05) is 0 Å². The molecule has 0 bridgehead atoms. The van der Waals surface area contributed by atoms with Crippen LogP contribution in [0.4, 0.5) is 0 Å². The second kappa shape index (κ2) is 6.12. The third-order valence-corrected chi connectivity index (χ3v) is 4.90. The summed E-state index contributed by atoms with van der Waals surface area (Å²) in [7, 11) is 0. The van der Waals surface area contributed by atoms with Gasteiger partial charge in [0.05, 0.1) is 0 Å². The zero-order valence-corrected chi connectivity index (χ0v) is 14.1. The Morgan fingerprint density at radius 1 is 0.864 bits per heavy atom. The number of benzene rings is 2. The Hall–Kier alpha value is -1.82. The lowest BCUT2D eigenvalue weighted by Crippen LogP contribution is -2.15. The van der Waals surface area contributed by atoms with E-state index in [0.717, 1.165) is 6.42 Å². The Morgan fingerprint density at radius 2 is 1.55 bits per heavy atom. The molecule has 0 amide bonds. The lowest BCUT2D eigenvalue weighted by Gasteiger charge is -2.29. The molecule has 1 aliphatic rings. The van der Waals surface area contributed by atoms with Crippen LogP contribution >= 0.6 is 0 Å². The molecule has 2 aromatic carbocycles. The molecule has 0 saturated carbocycles.